The van der Waals surface area contributed by atoms with E-state index in [4.69, 9.17) is 13.8 Å². The third-order valence-corrected chi connectivity index (χ3v) is 15.3. The molecule has 9 nitrogen and oxygen atoms in total. The maximum Gasteiger partial charge on any atom is 0.472 e. The average molecular weight is 1130 g/mol. The van der Waals surface area contributed by atoms with Crippen molar-refractivity contribution >= 4 is 19.7 Å². The number of likely N-dealkylation sites (N-methyl/N-ethyl adjacent to an activating group) is 1. The molecule has 0 aromatic heterocycles. The van der Waals surface area contributed by atoms with Gasteiger partial charge in [0.25, 0.3) is 0 Å². The Kier molecular flexibility index (Phi) is 56.3. The van der Waals surface area contributed by atoms with Gasteiger partial charge in [0.15, 0.2) is 0 Å². The smallest absolute Gasteiger partial charge is 0.456 e. The Morgan fingerprint density at radius 3 is 1.18 bits per heavy atom. The number of allylic oxidation sites excluding steroid dienone is 13. The van der Waals surface area contributed by atoms with Crippen LogP contribution in [-0.2, 0) is 27.9 Å². The van der Waals surface area contributed by atoms with E-state index >= 15 is 0 Å². The van der Waals surface area contributed by atoms with Crippen molar-refractivity contribution < 1.29 is 37.3 Å². The number of carbonyl (C=O) groups is 2. The topological polar surface area (TPSA) is 111 Å². The summed E-state index contributed by atoms with van der Waals surface area (Å²) in [7, 11) is 1.48. The molecule has 0 aromatic rings. The molecule has 0 saturated carbocycles. The Bertz CT molecular complexity index is 1630. The van der Waals surface area contributed by atoms with Crippen LogP contribution in [0.1, 0.15) is 290 Å². The summed E-state index contributed by atoms with van der Waals surface area (Å²) in [5.41, 5.74) is 0. The van der Waals surface area contributed by atoms with Crippen LogP contribution in [0.15, 0.2) is 85.1 Å². The number of quaternary nitrogens is 1. The fourth-order valence-electron chi connectivity index (χ4n) is 9.19. The first-order valence-corrected chi connectivity index (χ1v) is 34.4. The highest BCUT2D eigenvalue weighted by Crippen LogP contribution is 2.43. The summed E-state index contributed by atoms with van der Waals surface area (Å²) in [6, 6.07) is -0.863. The molecule has 0 fully saturated rings. The van der Waals surface area contributed by atoms with Gasteiger partial charge in [-0.3, -0.25) is 18.6 Å². The van der Waals surface area contributed by atoms with Gasteiger partial charge in [0.05, 0.1) is 33.8 Å². The highest BCUT2D eigenvalue weighted by Gasteiger charge is 2.30. The van der Waals surface area contributed by atoms with Crippen LogP contribution in [0.5, 0.6) is 0 Å². The number of hydrogen-bond donors (Lipinski definition) is 2. The fourth-order valence-corrected chi connectivity index (χ4v) is 9.93. The van der Waals surface area contributed by atoms with E-state index in [1.165, 1.54) is 148 Å². The molecule has 0 aliphatic carbocycles. The van der Waals surface area contributed by atoms with Crippen molar-refractivity contribution in [3.05, 3.63) is 85.1 Å². The molecule has 0 bridgehead atoms. The van der Waals surface area contributed by atoms with Gasteiger partial charge < -0.3 is 19.4 Å². The molecule has 79 heavy (non-hydrogen) atoms. The Hall–Kier alpha value is -2.81. The molecule has 0 rings (SSSR count). The van der Waals surface area contributed by atoms with Gasteiger partial charge in [0.1, 0.15) is 19.3 Å². The molecular weight excluding hydrogens is 1000 g/mol. The molecule has 3 atom stereocenters. The lowest BCUT2D eigenvalue weighted by molar-refractivity contribution is -0.870. The predicted octanol–water partition coefficient (Wildman–Crippen LogP) is 20.6. The van der Waals surface area contributed by atoms with Crippen molar-refractivity contribution in [1.82, 2.24) is 5.32 Å². The van der Waals surface area contributed by atoms with E-state index < -0.39 is 20.0 Å². The summed E-state index contributed by atoms with van der Waals surface area (Å²) in [4.78, 5) is 37.8. The van der Waals surface area contributed by atoms with E-state index in [0.29, 0.717) is 17.4 Å². The molecule has 3 unspecified atom stereocenters. The molecule has 0 aromatic carbocycles. The number of unbranched alkanes of at least 4 members (excludes halogenated alkanes) is 31. The SMILES string of the molecule is CCCCC/C=C\C/C=C\C/C=C\CCCCCCCCCCC(=O)OC(/C=C/CCCCCCCCCCCCC)C(COP(=O)(O)OCC[N+](C)(C)C)NC(=O)CCCCCCCC/C=C\C/C=C\C/C=C\CCCCC. The van der Waals surface area contributed by atoms with Gasteiger partial charge in [-0.15, -0.1) is 0 Å². The molecule has 0 aliphatic heterocycles. The summed E-state index contributed by atoms with van der Waals surface area (Å²) >= 11 is 0. The Morgan fingerprint density at radius 2 is 0.772 bits per heavy atom. The average Bonchev–Trinajstić information content (AvgIpc) is 3.41. The van der Waals surface area contributed by atoms with Crippen molar-refractivity contribution in [3.63, 3.8) is 0 Å². The molecule has 0 saturated heterocycles. The second kappa shape index (κ2) is 58.4. The maximum absolute atomic E-state index is 13.6. The van der Waals surface area contributed by atoms with E-state index in [9.17, 15) is 19.0 Å². The van der Waals surface area contributed by atoms with Gasteiger partial charge in [-0.1, -0.05) is 254 Å². The molecular formula is C69H126N2O7P+. The molecule has 1 amide bonds. The summed E-state index contributed by atoms with van der Waals surface area (Å²) in [6.45, 7) is 6.96. The van der Waals surface area contributed by atoms with E-state index in [1.807, 2.05) is 33.3 Å². The van der Waals surface area contributed by atoms with E-state index in [0.717, 1.165) is 109 Å². The van der Waals surface area contributed by atoms with Crippen LogP contribution in [0.2, 0.25) is 0 Å². The number of nitrogens with one attached hydrogen (secondary N) is 1. The van der Waals surface area contributed by atoms with Gasteiger partial charge in [0, 0.05) is 12.8 Å². The number of nitrogens with zero attached hydrogens (tertiary/aromatic N) is 1. The Morgan fingerprint density at radius 1 is 0.443 bits per heavy atom. The number of amides is 1. The number of carbonyl (C=O) groups excluding carboxylic acids is 2. The summed E-state index contributed by atoms with van der Waals surface area (Å²) in [5, 5.41) is 3.06. The van der Waals surface area contributed by atoms with Gasteiger partial charge in [0.2, 0.25) is 5.91 Å². The van der Waals surface area contributed by atoms with Gasteiger partial charge in [-0.25, -0.2) is 4.57 Å². The zero-order chi connectivity index (χ0) is 57.9. The van der Waals surface area contributed by atoms with Crippen LogP contribution < -0.4 is 5.32 Å². The first-order valence-electron chi connectivity index (χ1n) is 32.9. The number of esters is 1. The van der Waals surface area contributed by atoms with E-state index in [-0.39, 0.29) is 31.5 Å². The van der Waals surface area contributed by atoms with Crippen molar-refractivity contribution in [2.45, 2.75) is 303 Å². The third kappa shape index (κ3) is 59.6. The largest absolute Gasteiger partial charge is 0.472 e. The number of phosphoric acid groups is 1. The normalized spacial score (nSPS) is 14.2. The third-order valence-electron chi connectivity index (χ3n) is 14.3. The molecule has 0 heterocycles. The lowest BCUT2D eigenvalue weighted by Gasteiger charge is -2.27. The number of ether oxygens (including phenoxy) is 1. The highest BCUT2D eigenvalue weighted by atomic mass is 31.2. The standard InChI is InChI=1S/C69H125N2O7P/c1-7-10-13-16-19-22-25-28-30-32-34-35-37-39-41-44-47-50-53-56-59-62-69(73)78-67(60-57-54-51-48-45-42-27-24-21-18-15-12-9-3)66(65-77-79(74,75)76-64-63-71(4,5)6)70-68(72)61-58-55-52-49-46-43-40-38-36-33-31-29-26-23-20-17-14-11-8-2/h19-20,22-23,28-31,34-36,38,57,60,66-67H,7-18,21,24-27,32-33,37,39-56,58-59,61-65H2,1-6H3,(H-,70,72,74,75)/p+1/b22-19-,23-20-,30-28-,31-29-,35-34-,38-36-,60-57+. The summed E-state index contributed by atoms with van der Waals surface area (Å²) in [5.74, 6) is -0.525. The Balaban J connectivity index is 5.27. The molecule has 0 aliphatic rings. The Labute approximate surface area is 488 Å². The molecule has 0 spiro atoms. The van der Waals surface area contributed by atoms with Crippen LogP contribution in [-0.4, -0.2) is 74.3 Å². The zero-order valence-corrected chi connectivity index (χ0v) is 53.2. The van der Waals surface area contributed by atoms with Gasteiger partial charge in [-0.05, 0) is 109 Å². The minimum atomic E-state index is -4.46. The van der Waals surface area contributed by atoms with Crippen LogP contribution in [0.25, 0.3) is 0 Å². The monoisotopic (exact) mass is 1130 g/mol. The van der Waals surface area contributed by atoms with Gasteiger partial charge >= 0.3 is 13.8 Å². The molecule has 10 heteroatoms. The summed E-state index contributed by atoms with van der Waals surface area (Å²) < 4.78 is 30.8. The van der Waals surface area contributed by atoms with Crippen LogP contribution in [0.3, 0.4) is 0 Å². The van der Waals surface area contributed by atoms with Crippen LogP contribution in [0, 0.1) is 0 Å². The van der Waals surface area contributed by atoms with Crippen LogP contribution in [0.4, 0.5) is 0 Å². The minimum absolute atomic E-state index is 0.0330. The first-order chi connectivity index (χ1) is 38.4. The zero-order valence-electron chi connectivity index (χ0n) is 52.3. The maximum atomic E-state index is 13.6. The van der Waals surface area contributed by atoms with Crippen molar-refractivity contribution in [2.24, 2.45) is 0 Å². The quantitative estimate of drug-likeness (QED) is 0.0205. The predicted molar refractivity (Wildman–Crippen MR) is 341 cm³/mol. The van der Waals surface area contributed by atoms with Crippen molar-refractivity contribution in [1.29, 1.82) is 0 Å². The minimum Gasteiger partial charge on any atom is -0.456 e. The van der Waals surface area contributed by atoms with Gasteiger partial charge in [-0.2, -0.15) is 0 Å². The van der Waals surface area contributed by atoms with E-state index in [2.05, 4.69) is 99.0 Å². The number of rotatable bonds is 59. The molecule has 458 valence electrons. The first kappa shape index (κ1) is 76.2. The van der Waals surface area contributed by atoms with E-state index in [1.54, 1.807) is 0 Å². The number of phosphoric ester groups is 1. The molecule has 0 radical (unpaired) electrons. The fraction of sp³-hybridized carbons (Fsp3) is 0.768. The summed E-state index contributed by atoms with van der Waals surface area (Å²) in [6.07, 6.45) is 77.1. The lowest BCUT2D eigenvalue weighted by Crippen LogP contribution is -2.47. The second-order valence-corrected chi connectivity index (χ2v) is 24.7. The second-order valence-electron chi connectivity index (χ2n) is 23.3. The van der Waals surface area contributed by atoms with Crippen molar-refractivity contribution in [2.75, 3.05) is 40.9 Å². The number of hydrogen-bond acceptors (Lipinski definition) is 6. The highest BCUT2D eigenvalue weighted by molar-refractivity contribution is 7.47. The van der Waals surface area contributed by atoms with Crippen molar-refractivity contribution in [3.8, 4) is 0 Å². The molecule has 2 N–H and O–H groups in total. The lowest BCUT2D eigenvalue weighted by atomic mass is 10.0. The van der Waals surface area contributed by atoms with Crippen LogP contribution >= 0.6 is 7.82 Å².